The molecule has 1 fully saturated rings. The minimum absolute atomic E-state index is 0.229. The highest BCUT2D eigenvalue weighted by Crippen LogP contribution is 2.28. The predicted octanol–water partition coefficient (Wildman–Crippen LogP) is 2.76. The zero-order chi connectivity index (χ0) is 15.9. The van der Waals surface area contributed by atoms with E-state index in [1.54, 1.807) is 14.2 Å². The maximum absolute atomic E-state index is 12.2. The molecule has 1 heterocycles. The predicted molar refractivity (Wildman–Crippen MR) is 87.6 cm³/mol. The van der Waals surface area contributed by atoms with Gasteiger partial charge in [-0.2, -0.15) is 0 Å². The highest BCUT2D eigenvalue weighted by Gasteiger charge is 2.19. The van der Waals surface area contributed by atoms with Gasteiger partial charge in [0.15, 0.2) is 0 Å². The van der Waals surface area contributed by atoms with Crippen molar-refractivity contribution in [1.82, 2.24) is 4.90 Å². The SMILES string of the molecule is COc1ccc(NCCC(=O)N2CCC(C)CC2)c(OC)c1. The monoisotopic (exact) mass is 306 g/mol. The maximum Gasteiger partial charge on any atom is 0.224 e. The molecule has 122 valence electrons. The van der Waals surface area contributed by atoms with Crippen LogP contribution in [0.3, 0.4) is 0 Å². The van der Waals surface area contributed by atoms with Gasteiger partial charge < -0.3 is 19.7 Å². The molecule has 0 spiro atoms. The maximum atomic E-state index is 12.2. The third-order valence-electron chi connectivity index (χ3n) is 4.20. The van der Waals surface area contributed by atoms with E-state index in [0.717, 1.165) is 49.0 Å². The van der Waals surface area contributed by atoms with Gasteiger partial charge in [-0.3, -0.25) is 4.79 Å². The van der Waals surface area contributed by atoms with Crippen molar-refractivity contribution in [2.75, 3.05) is 39.2 Å². The molecule has 1 aliphatic heterocycles. The summed E-state index contributed by atoms with van der Waals surface area (Å²) in [7, 11) is 3.25. The second-order valence-corrected chi connectivity index (χ2v) is 5.81. The van der Waals surface area contributed by atoms with E-state index in [1.807, 2.05) is 23.1 Å². The first kappa shape index (κ1) is 16.5. The highest BCUT2D eigenvalue weighted by molar-refractivity contribution is 5.77. The molecule has 1 aromatic carbocycles. The van der Waals surface area contributed by atoms with E-state index in [9.17, 15) is 4.79 Å². The van der Waals surface area contributed by atoms with E-state index in [1.165, 1.54) is 0 Å². The molecule has 0 radical (unpaired) electrons. The standard InChI is InChI=1S/C17H26N2O3/c1-13-7-10-19(11-8-13)17(20)6-9-18-15-5-4-14(21-2)12-16(15)22-3/h4-5,12-13,18H,6-11H2,1-3H3. The van der Waals surface area contributed by atoms with Crippen molar-refractivity contribution >= 4 is 11.6 Å². The average molecular weight is 306 g/mol. The van der Waals surface area contributed by atoms with Crippen molar-refractivity contribution in [1.29, 1.82) is 0 Å². The van der Waals surface area contributed by atoms with E-state index in [-0.39, 0.29) is 5.91 Å². The number of benzene rings is 1. The van der Waals surface area contributed by atoms with Crippen molar-refractivity contribution in [2.45, 2.75) is 26.2 Å². The van der Waals surface area contributed by atoms with Gasteiger partial charge >= 0.3 is 0 Å². The molecule has 5 nitrogen and oxygen atoms in total. The first-order chi connectivity index (χ1) is 10.6. The Morgan fingerprint density at radius 1 is 1.27 bits per heavy atom. The summed E-state index contributed by atoms with van der Waals surface area (Å²) in [6.07, 6.45) is 2.74. The third-order valence-corrected chi connectivity index (χ3v) is 4.20. The van der Waals surface area contributed by atoms with Crippen LogP contribution in [0.15, 0.2) is 18.2 Å². The van der Waals surface area contributed by atoms with Crippen LogP contribution in [0.25, 0.3) is 0 Å². The van der Waals surface area contributed by atoms with Gasteiger partial charge in [-0.15, -0.1) is 0 Å². The molecule has 1 N–H and O–H groups in total. The molecule has 0 bridgehead atoms. The molecule has 0 unspecified atom stereocenters. The topological polar surface area (TPSA) is 50.8 Å². The molecule has 1 aliphatic rings. The molecule has 0 atom stereocenters. The van der Waals surface area contributed by atoms with Gasteiger partial charge in [0, 0.05) is 32.1 Å². The van der Waals surface area contributed by atoms with Crippen molar-refractivity contribution in [2.24, 2.45) is 5.92 Å². The molecule has 1 aromatic rings. The Kier molecular flexibility index (Phi) is 5.92. The van der Waals surface area contributed by atoms with Crippen LogP contribution in [0.1, 0.15) is 26.2 Å². The molecular formula is C17H26N2O3. The smallest absolute Gasteiger partial charge is 0.224 e. The Balaban J connectivity index is 1.82. The van der Waals surface area contributed by atoms with Crippen LogP contribution in [-0.2, 0) is 4.79 Å². The van der Waals surface area contributed by atoms with Gasteiger partial charge in [0.1, 0.15) is 11.5 Å². The van der Waals surface area contributed by atoms with Crippen LogP contribution in [0, 0.1) is 5.92 Å². The first-order valence-corrected chi connectivity index (χ1v) is 7.87. The molecule has 2 rings (SSSR count). The molecule has 0 aromatic heterocycles. The van der Waals surface area contributed by atoms with Crippen molar-refractivity contribution in [3.05, 3.63) is 18.2 Å². The molecule has 1 saturated heterocycles. The number of piperidine rings is 1. The number of amides is 1. The Morgan fingerprint density at radius 3 is 2.64 bits per heavy atom. The number of carbonyl (C=O) groups is 1. The molecule has 0 aliphatic carbocycles. The summed E-state index contributed by atoms with van der Waals surface area (Å²) in [5, 5.41) is 3.27. The number of anilines is 1. The van der Waals surface area contributed by atoms with Gasteiger partial charge in [-0.1, -0.05) is 6.92 Å². The third kappa shape index (κ3) is 4.29. The number of nitrogens with zero attached hydrogens (tertiary/aromatic N) is 1. The van der Waals surface area contributed by atoms with E-state index >= 15 is 0 Å². The number of methoxy groups -OCH3 is 2. The van der Waals surface area contributed by atoms with Gasteiger partial charge in [0.2, 0.25) is 5.91 Å². The van der Waals surface area contributed by atoms with Gasteiger partial charge in [-0.25, -0.2) is 0 Å². The fraction of sp³-hybridized carbons (Fsp3) is 0.588. The summed E-state index contributed by atoms with van der Waals surface area (Å²) in [6.45, 7) is 4.64. The van der Waals surface area contributed by atoms with Crippen LogP contribution in [0.5, 0.6) is 11.5 Å². The fourth-order valence-electron chi connectivity index (χ4n) is 2.66. The lowest BCUT2D eigenvalue weighted by Crippen LogP contribution is -2.38. The molecule has 1 amide bonds. The van der Waals surface area contributed by atoms with Crippen LogP contribution >= 0.6 is 0 Å². The minimum Gasteiger partial charge on any atom is -0.497 e. The van der Waals surface area contributed by atoms with Crippen molar-refractivity contribution in [3.8, 4) is 11.5 Å². The summed E-state index contributed by atoms with van der Waals surface area (Å²) < 4.78 is 10.5. The molecular weight excluding hydrogens is 280 g/mol. The fourth-order valence-corrected chi connectivity index (χ4v) is 2.66. The Labute approximate surface area is 132 Å². The average Bonchev–Trinajstić information content (AvgIpc) is 2.55. The van der Waals surface area contributed by atoms with Crippen molar-refractivity contribution in [3.63, 3.8) is 0 Å². The first-order valence-electron chi connectivity index (χ1n) is 7.87. The van der Waals surface area contributed by atoms with E-state index in [4.69, 9.17) is 9.47 Å². The number of hydrogen-bond donors (Lipinski definition) is 1. The van der Waals surface area contributed by atoms with E-state index < -0.39 is 0 Å². The number of ether oxygens (including phenoxy) is 2. The summed E-state index contributed by atoms with van der Waals surface area (Å²) >= 11 is 0. The quantitative estimate of drug-likeness (QED) is 0.878. The van der Waals surface area contributed by atoms with Crippen LogP contribution in [0.2, 0.25) is 0 Å². The Bertz CT molecular complexity index is 497. The normalized spacial score (nSPS) is 15.5. The van der Waals surface area contributed by atoms with Crippen LogP contribution in [0.4, 0.5) is 5.69 Å². The van der Waals surface area contributed by atoms with E-state index in [2.05, 4.69) is 12.2 Å². The van der Waals surface area contributed by atoms with E-state index in [0.29, 0.717) is 13.0 Å². The van der Waals surface area contributed by atoms with Gasteiger partial charge in [-0.05, 0) is 30.9 Å². The zero-order valence-corrected chi connectivity index (χ0v) is 13.7. The van der Waals surface area contributed by atoms with Crippen LogP contribution in [-0.4, -0.2) is 44.7 Å². The molecule has 5 heteroatoms. The van der Waals surface area contributed by atoms with Gasteiger partial charge in [0.05, 0.1) is 19.9 Å². The van der Waals surface area contributed by atoms with Crippen LogP contribution < -0.4 is 14.8 Å². The lowest BCUT2D eigenvalue weighted by atomic mass is 9.99. The number of rotatable bonds is 6. The second kappa shape index (κ2) is 7.92. The summed E-state index contributed by atoms with van der Waals surface area (Å²) in [5.74, 6) is 2.44. The Hall–Kier alpha value is -1.91. The molecule has 0 saturated carbocycles. The largest absolute Gasteiger partial charge is 0.497 e. The lowest BCUT2D eigenvalue weighted by molar-refractivity contribution is -0.132. The number of hydrogen-bond acceptors (Lipinski definition) is 4. The highest BCUT2D eigenvalue weighted by atomic mass is 16.5. The molecule has 22 heavy (non-hydrogen) atoms. The van der Waals surface area contributed by atoms with Gasteiger partial charge in [0.25, 0.3) is 0 Å². The zero-order valence-electron chi connectivity index (χ0n) is 13.7. The Morgan fingerprint density at radius 2 is 2.00 bits per heavy atom. The number of carbonyl (C=O) groups excluding carboxylic acids is 1. The lowest BCUT2D eigenvalue weighted by Gasteiger charge is -2.30. The summed E-state index contributed by atoms with van der Waals surface area (Å²) in [5.41, 5.74) is 0.878. The number of likely N-dealkylation sites (tertiary alicyclic amines) is 1. The number of nitrogens with one attached hydrogen (secondary N) is 1. The summed E-state index contributed by atoms with van der Waals surface area (Å²) in [6, 6.07) is 5.61. The minimum atomic E-state index is 0.229. The van der Waals surface area contributed by atoms with Crippen molar-refractivity contribution < 1.29 is 14.3 Å². The summed E-state index contributed by atoms with van der Waals surface area (Å²) in [4.78, 5) is 14.2. The second-order valence-electron chi connectivity index (χ2n) is 5.81.